The van der Waals surface area contributed by atoms with E-state index in [0.717, 1.165) is 70.6 Å². The van der Waals surface area contributed by atoms with Crippen LogP contribution in [0.25, 0.3) is 0 Å². The van der Waals surface area contributed by atoms with Gasteiger partial charge in [-0.2, -0.15) is 0 Å². The predicted molar refractivity (Wildman–Crippen MR) is 278 cm³/mol. The van der Waals surface area contributed by atoms with Gasteiger partial charge in [-0.3, -0.25) is 28.0 Å². The summed E-state index contributed by atoms with van der Waals surface area (Å²) >= 11 is 0. The van der Waals surface area contributed by atoms with Crippen molar-refractivity contribution in [1.29, 1.82) is 0 Å². The minimum atomic E-state index is -4.29. The predicted octanol–water partition coefficient (Wildman–Crippen LogP) is 9.06. The SMILES string of the molecule is C=CCOC1OC(COC2OC(COCCCC)C(OP(=O)(OCCCC)OCCCC)C(OCCCC)C2NC(=O)C[C@@H](C)OC(C)=O)C(OCCCC)C(OCCCC)C1NC(=O)C[C@@H](C)OCCCC. The maximum atomic E-state index is 14.7. The lowest BCUT2D eigenvalue weighted by Crippen LogP contribution is -2.68. The highest BCUT2D eigenvalue weighted by Crippen LogP contribution is 2.53. The second kappa shape index (κ2) is 40.2. The summed E-state index contributed by atoms with van der Waals surface area (Å²) in [4.78, 5) is 39.8. The molecular formula is C53H99N2O17P. The van der Waals surface area contributed by atoms with Crippen molar-refractivity contribution in [3.63, 3.8) is 0 Å². The summed E-state index contributed by atoms with van der Waals surface area (Å²) in [6, 6.07) is -1.92. The van der Waals surface area contributed by atoms with Crippen molar-refractivity contribution in [3.05, 3.63) is 12.7 Å². The Bertz CT molecular complexity index is 1500. The van der Waals surface area contributed by atoms with Crippen LogP contribution in [0.2, 0.25) is 0 Å². The molecule has 2 rings (SSSR count). The van der Waals surface area contributed by atoms with E-state index < -0.39 is 87.1 Å². The molecule has 73 heavy (non-hydrogen) atoms. The molecule has 19 nitrogen and oxygen atoms in total. The van der Waals surface area contributed by atoms with Gasteiger partial charge in [-0.15, -0.1) is 6.58 Å². The Labute approximate surface area is 439 Å². The van der Waals surface area contributed by atoms with E-state index in [9.17, 15) is 18.9 Å². The van der Waals surface area contributed by atoms with Crippen LogP contribution >= 0.6 is 7.82 Å². The first-order valence-corrected chi connectivity index (χ1v) is 29.2. The van der Waals surface area contributed by atoms with E-state index >= 15 is 0 Å². The molecule has 0 aromatic carbocycles. The normalized spacial score (nSPS) is 25.2. The largest absolute Gasteiger partial charge is 0.475 e. The third kappa shape index (κ3) is 26.7. The number of ether oxygens (including phenoxy) is 10. The van der Waals surface area contributed by atoms with Crippen molar-refractivity contribution >= 4 is 25.6 Å². The van der Waals surface area contributed by atoms with Gasteiger partial charge >= 0.3 is 13.8 Å². The molecule has 0 bridgehead atoms. The number of nitrogens with one attached hydrogen (secondary N) is 2. The summed E-state index contributed by atoms with van der Waals surface area (Å²) in [7, 11) is -4.29. The average molecular weight is 1070 g/mol. The van der Waals surface area contributed by atoms with Crippen molar-refractivity contribution in [3.8, 4) is 0 Å². The number of carbonyl (C=O) groups excluding carboxylic acids is 3. The molecule has 20 heteroatoms. The van der Waals surface area contributed by atoms with Crippen LogP contribution in [-0.4, -0.2) is 157 Å². The van der Waals surface area contributed by atoms with Gasteiger partial charge in [0.05, 0.1) is 52.0 Å². The van der Waals surface area contributed by atoms with Crippen LogP contribution < -0.4 is 10.6 Å². The smallest absolute Gasteiger partial charge is 0.462 e. The molecule has 0 radical (unpaired) electrons. The molecule has 2 heterocycles. The molecule has 2 aliphatic heterocycles. The van der Waals surface area contributed by atoms with Crippen LogP contribution in [0.3, 0.4) is 0 Å². The zero-order chi connectivity index (χ0) is 53.9. The summed E-state index contributed by atoms with van der Waals surface area (Å²) in [5.41, 5.74) is 0. The lowest BCUT2D eigenvalue weighted by molar-refractivity contribution is -0.311. The van der Waals surface area contributed by atoms with Crippen LogP contribution in [0.1, 0.15) is 172 Å². The molecule has 2 fully saturated rings. The Kier molecular flexibility index (Phi) is 36.9. The zero-order valence-electron chi connectivity index (χ0n) is 46.5. The van der Waals surface area contributed by atoms with Crippen molar-refractivity contribution in [2.24, 2.45) is 0 Å². The number of rotatable bonds is 44. The number of amides is 2. The zero-order valence-corrected chi connectivity index (χ0v) is 47.4. The van der Waals surface area contributed by atoms with Gasteiger partial charge < -0.3 is 58.0 Å². The van der Waals surface area contributed by atoms with Crippen molar-refractivity contribution in [1.82, 2.24) is 10.6 Å². The standard InChI is InChI=1S/C53H99N2O17P/c1-12-20-28-60-37-42-49(72-73(59,67-33-25-17-6)68-34-26-18-7)51(64-32-24-16-5)47(55-45(58)36-40(10)69-41(11)56)53(70-42)66-38-43-48(62-30-22-14-3)50(63-31-23-15-4)46(52(71-43)65-27-19-8)54-44(57)35-39(9)61-29-21-13-2/h19,39-40,42-43,46-53H,8,12-18,20-38H2,1-7,9-11H3,(H,54,57)(H,55,58)/t39-,40-,42?,43?,46?,47?,48?,49?,50?,51?,52?,53?/m1/s1. The maximum absolute atomic E-state index is 14.7. The molecule has 0 aliphatic carbocycles. The highest BCUT2D eigenvalue weighted by Gasteiger charge is 2.54. The van der Waals surface area contributed by atoms with Crippen molar-refractivity contribution in [2.75, 3.05) is 66.1 Å². The summed E-state index contributed by atoms with van der Waals surface area (Å²) in [5, 5.41) is 6.22. The van der Waals surface area contributed by atoms with Gasteiger partial charge in [0, 0.05) is 40.0 Å². The molecule has 2 amide bonds. The second-order valence-corrected chi connectivity index (χ2v) is 20.6. The first-order valence-electron chi connectivity index (χ1n) is 27.8. The number of hydrogen-bond donors (Lipinski definition) is 2. The van der Waals surface area contributed by atoms with Crippen LogP contribution in [0.4, 0.5) is 0 Å². The number of hydrogen-bond acceptors (Lipinski definition) is 17. The number of unbranched alkanes of at least 4 members (excludes halogenated alkanes) is 7. The molecule has 0 saturated carbocycles. The molecule has 428 valence electrons. The first-order chi connectivity index (χ1) is 35.2. The third-order valence-electron chi connectivity index (χ3n) is 12.1. The topological polar surface area (TPSA) is 212 Å². The van der Waals surface area contributed by atoms with E-state index in [4.69, 9.17) is 60.9 Å². The molecule has 2 N–H and O–H groups in total. The third-order valence-corrected chi connectivity index (χ3v) is 13.6. The van der Waals surface area contributed by atoms with E-state index in [1.54, 1.807) is 13.0 Å². The fourth-order valence-electron chi connectivity index (χ4n) is 7.99. The lowest BCUT2D eigenvalue weighted by Gasteiger charge is -2.48. The van der Waals surface area contributed by atoms with Crippen LogP contribution in [0, 0.1) is 0 Å². The minimum Gasteiger partial charge on any atom is -0.462 e. The Balaban J connectivity index is 2.79. The summed E-state index contributed by atoms with van der Waals surface area (Å²) in [6.07, 6.45) is 3.40. The fourth-order valence-corrected chi connectivity index (χ4v) is 9.45. The fraction of sp³-hybridized carbons (Fsp3) is 0.906. The molecule has 2 saturated heterocycles. The van der Waals surface area contributed by atoms with Crippen LogP contribution in [-0.2, 0) is 79.9 Å². The Morgan fingerprint density at radius 3 is 1.51 bits per heavy atom. The highest BCUT2D eigenvalue weighted by molar-refractivity contribution is 7.48. The van der Waals surface area contributed by atoms with E-state index in [-0.39, 0.29) is 64.5 Å². The van der Waals surface area contributed by atoms with Gasteiger partial charge in [0.2, 0.25) is 11.8 Å². The molecule has 0 aromatic heterocycles. The minimum absolute atomic E-state index is 0.0244. The average Bonchev–Trinajstić information content (AvgIpc) is 3.34. The lowest BCUT2D eigenvalue weighted by atomic mass is 9.95. The quantitative estimate of drug-likeness (QED) is 0.0252. The van der Waals surface area contributed by atoms with Gasteiger partial charge in [0.15, 0.2) is 12.6 Å². The number of esters is 1. The van der Waals surface area contributed by atoms with E-state index in [0.29, 0.717) is 45.7 Å². The van der Waals surface area contributed by atoms with E-state index in [2.05, 4.69) is 44.9 Å². The second-order valence-electron chi connectivity index (χ2n) is 19.0. The maximum Gasteiger partial charge on any atom is 0.475 e. The monoisotopic (exact) mass is 1070 g/mol. The van der Waals surface area contributed by atoms with Gasteiger partial charge in [0.25, 0.3) is 0 Å². The van der Waals surface area contributed by atoms with Crippen molar-refractivity contribution in [2.45, 2.75) is 245 Å². The summed E-state index contributed by atoms with van der Waals surface area (Å²) in [6.45, 7) is 25.0. The summed E-state index contributed by atoms with van der Waals surface area (Å²) in [5.74, 6) is -1.30. The number of carbonyl (C=O) groups is 3. The molecule has 12 atom stereocenters. The van der Waals surface area contributed by atoms with E-state index in [1.165, 1.54) is 6.92 Å². The van der Waals surface area contributed by atoms with Gasteiger partial charge in [-0.05, 0) is 58.8 Å². The molecule has 0 aromatic rings. The van der Waals surface area contributed by atoms with Crippen LogP contribution in [0.15, 0.2) is 12.7 Å². The number of phosphoric ester groups is 1. The Morgan fingerprint density at radius 1 is 0.562 bits per heavy atom. The van der Waals surface area contributed by atoms with Crippen molar-refractivity contribution < 1.29 is 79.9 Å². The highest BCUT2D eigenvalue weighted by atomic mass is 31.2. The Hall–Kier alpha value is -2.10. The van der Waals surface area contributed by atoms with E-state index in [1.807, 2.05) is 27.7 Å². The molecule has 2 aliphatic rings. The molecular weight excluding hydrogens is 968 g/mol. The van der Waals surface area contributed by atoms with Crippen LogP contribution in [0.5, 0.6) is 0 Å². The molecule has 10 unspecified atom stereocenters. The van der Waals surface area contributed by atoms with Gasteiger partial charge in [0.1, 0.15) is 54.8 Å². The van der Waals surface area contributed by atoms with Gasteiger partial charge in [-0.25, -0.2) is 4.57 Å². The molecule has 0 spiro atoms. The summed E-state index contributed by atoms with van der Waals surface area (Å²) < 4.78 is 97.4. The number of phosphoric acid groups is 1. The van der Waals surface area contributed by atoms with Gasteiger partial charge in [-0.1, -0.05) is 99.5 Å². The first kappa shape index (κ1) is 67.0. The Morgan fingerprint density at radius 2 is 1.00 bits per heavy atom.